The van der Waals surface area contributed by atoms with E-state index in [-0.39, 0.29) is 47.9 Å². The van der Waals surface area contributed by atoms with E-state index in [1.807, 2.05) is 93.6 Å². The molecule has 4 aromatic carbocycles. The quantitative estimate of drug-likeness (QED) is 0.0231. The molecule has 0 fully saturated rings. The molecule has 0 heterocycles. The van der Waals surface area contributed by atoms with Crippen LogP contribution in [0.3, 0.4) is 0 Å². The number of ether oxygens (including phenoxy) is 7. The molecule has 0 N–H and O–H groups in total. The third-order valence-electron chi connectivity index (χ3n) is 14.8. The molecule has 0 aromatic heterocycles. The lowest BCUT2D eigenvalue weighted by Crippen LogP contribution is -2.10. The predicted molar refractivity (Wildman–Crippen MR) is 407 cm³/mol. The predicted octanol–water partition coefficient (Wildman–Crippen LogP) is 23.4. The monoisotopic (exact) mass is 1380 g/mol. The van der Waals surface area contributed by atoms with Crippen molar-refractivity contribution in [3.63, 3.8) is 0 Å². The summed E-state index contributed by atoms with van der Waals surface area (Å²) in [6.45, 7) is 28.1. The first-order chi connectivity index (χ1) is 48.0. The molecule has 99 heavy (non-hydrogen) atoms. The molecule has 14 nitrogen and oxygen atoms in total. The number of unbranched alkanes of at least 4 members (excludes halogenated alkanes) is 23. The Hall–Kier alpha value is -6.83. The topological polar surface area (TPSA) is 184 Å². The zero-order valence-electron chi connectivity index (χ0n) is 64.2. The van der Waals surface area contributed by atoms with Gasteiger partial charge in [0.25, 0.3) is 0 Å². The Morgan fingerprint density at radius 1 is 0.263 bits per heavy atom. The third kappa shape index (κ3) is 69.4. The van der Waals surface area contributed by atoms with Gasteiger partial charge in [0.1, 0.15) is 0 Å². The molecule has 562 valence electrons. The first-order valence-electron chi connectivity index (χ1n) is 38.4. The number of benzene rings is 4. The van der Waals surface area contributed by atoms with Crippen LogP contribution in [0.1, 0.15) is 343 Å². The Kier molecular flexibility index (Phi) is 73.4. The van der Waals surface area contributed by atoms with Gasteiger partial charge >= 0.3 is 41.8 Å². The number of rotatable bonds is 46. The van der Waals surface area contributed by atoms with Gasteiger partial charge in [-0.25, -0.2) is 19.2 Å². The van der Waals surface area contributed by atoms with Gasteiger partial charge in [-0.15, -0.1) is 0 Å². The van der Waals surface area contributed by atoms with E-state index in [4.69, 9.17) is 33.2 Å². The standard InChI is InChI=1S/C14H28O2.C13H18O2.2C12H16O2.C12H24O2.C11H14O2.C11H22O2/c1-3-5-7-8-9-10-11-12-14(15)16-13-6-4-2;1-2-3-4-8-11-15-13(14)12-9-6-5-7-10-12;1-10(2)8-9-14-12(13)11-6-4-3-5-7-11;1-2-3-7-10-14-12(13)11-8-5-4-6-9-11;1-3-5-6-7-8-9-10-11-12(13)14-4-2;1-2-3-9-13-11(12)10-7-5-4-6-8-10;1-4-5-6-7-8-9-11(12)13-10(2)3/h3-13H2,1-2H3;5-7,9-10H,2-4,8,11H2,1H3;3-7,10H,8-9H2,1-2H3;4-6,8-9H,2-3,7,10H2,1H3;3-11H2,1-2H3;4-8H,2-3,9H2,1H3;10H,4-9H2,1-3H3. The van der Waals surface area contributed by atoms with Crippen molar-refractivity contribution in [2.75, 3.05) is 39.6 Å². The maximum atomic E-state index is 11.5. The molecule has 0 radical (unpaired) electrons. The molecule has 0 amide bonds. The van der Waals surface area contributed by atoms with Gasteiger partial charge in [-0.2, -0.15) is 0 Å². The summed E-state index contributed by atoms with van der Waals surface area (Å²) >= 11 is 0. The van der Waals surface area contributed by atoms with Crippen molar-refractivity contribution in [1.29, 1.82) is 0 Å². The van der Waals surface area contributed by atoms with Crippen molar-refractivity contribution in [1.82, 2.24) is 0 Å². The molecule has 0 aliphatic heterocycles. The van der Waals surface area contributed by atoms with Gasteiger partial charge in [0, 0.05) is 19.3 Å². The maximum absolute atomic E-state index is 11.5. The van der Waals surface area contributed by atoms with E-state index in [0.29, 0.717) is 87.1 Å². The highest BCUT2D eigenvalue weighted by molar-refractivity contribution is 5.90. The number of carbonyl (C=O) groups is 7. The zero-order valence-corrected chi connectivity index (χ0v) is 64.2. The second-order valence-corrected chi connectivity index (χ2v) is 25.1. The van der Waals surface area contributed by atoms with Gasteiger partial charge in [-0.3, -0.25) is 14.4 Å². The average molecular weight is 1380 g/mol. The molecule has 0 aliphatic rings. The molecular weight excluding hydrogens is 1240 g/mol. The highest BCUT2D eigenvalue weighted by atomic mass is 16.6. The van der Waals surface area contributed by atoms with E-state index >= 15 is 0 Å². The first kappa shape index (κ1) is 96.4. The molecule has 4 rings (SSSR count). The molecule has 0 saturated heterocycles. The van der Waals surface area contributed by atoms with E-state index in [0.717, 1.165) is 89.9 Å². The first-order valence-corrected chi connectivity index (χ1v) is 38.4. The van der Waals surface area contributed by atoms with Gasteiger partial charge in [-0.1, -0.05) is 283 Å². The molecule has 0 saturated carbocycles. The molecule has 14 heteroatoms. The zero-order chi connectivity index (χ0) is 73.9. The minimum absolute atomic E-state index is 0.0120. The summed E-state index contributed by atoms with van der Waals surface area (Å²) in [7, 11) is 0. The molecule has 0 aliphatic carbocycles. The van der Waals surface area contributed by atoms with Crippen LogP contribution in [0.25, 0.3) is 0 Å². The molecule has 4 aromatic rings. The Morgan fingerprint density at radius 2 is 0.505 bits per heavy atom. The van der Waals surface area contributed by atoms with Crippen molar-refractivity contribution < 1.29 is 66.7 Å². The number of hydrogen-bond acceptors (Lipinski definition) is 14. The van der Waals surface area contributed by atoms with Crippen LogP contribution < -0.4 is 0 Å². The Morgan fingerprint density at radius 3 is 0.808 bits per heavy atom. The van der Waals surface area contributed by atoms with Crippen LogP contribution in [0.4, 0.5) is 0 Å². The normalized spacial score (nSPS) is 10.1. The number of esters is 7. The molecule has 0 spiro atoms. The van der Waals surface area contributed by atoms with Crippen molar-refractivity contribution in [3.05, 3.63) is 144 Å². The Balaban J connectivity index is -0.00000109. The van der Waals surface area contributed by atoms with Gasteiger partial charge in [0.15, 0.2) is 0 Å². The van der Waals surface area contributed by atoms with Crippen molar-refractivity contribution >= 4 is 41.8 Å². The number of carbonyl (C=O) groups excluding carboxylic acids is 7. The smallest absolute Gasteiger partial charge is 0.338 e. The number of hydrogen-bond donors (Lipinski definition) is 0. The lowest BCUT2D eigenvalue weighted by Gasteiger charge is -2.07. The van der Waals surface area contributed by atoms with E-state index in [1.54, 1.807) is 48.5 Å². The van der Waals surface area contributed by atoms with Crippen LogP contribution >= 0.6 is 0 Å². The van der Waals surface area contributed by atoms with E-state index in [9.17, 15) is 33.6 Å². The summed E-state index contributed by atoms with van der Waals surface area (Å²) in [5.41, 5.74) is 2.51. The highest BCUT2D eigenvalue weighted by Gasteiger charge is 2.10. The van der Waals surface area contributed by atoms with Crippen LogP contribution in [0.2, 0.25) is 0 Å². The Labute approximate surface area is 602 Å². The van der Waals surface area contributed by atoms with Crippen molar-refractivity contribution in [3.8, 4) is 0 Å². The van der Waals surface area contributed by atoms with E-state index < -0.39 is 0 Å². The summed E-state index contributed by atoms with van der Waals surface area (Å²) in [5, 5.41) is 0. The summed E-state index contributed by atoms with van der Waals surface area (Å²) in [4.78, 5) is 78.8. The summed E-state index contributed by atoms with van der Waals surface area (Å²) < 4.78 is 35.3. The molecule has 0 unspecified atom stereocenters. The van der Waals surface area contributed by atoms with Gasteiger partial charge in [0.05, 0.1) is 68.0 Å². The lowest BCUT2D eigenvalue weighted by molar-refractivity contribution is -0.147. The minimum Gasteiger partial charge on any atom is -0.466 e. The SMILES string of the molecule is CC(C)CCOC(=O)c1ccccc1.CCCCCCCC(=O)OC(C)C.CCCCCCCCCC(=O)OCC.CCCCCCCCCC(=O)OCCCC.CCCCCCOC(=O)c1ccccc1.CCCCCOC(=O)c1ccccc1.CCCCOC(=O)c1ccccc1. The van der Waals surface area contributed by atoms with E-state index in [1.165, 1.54) is 109 Å². The molecular formula is C85H138O14. The molecule has 0 bridgehead atoms. The van der Waals surface area contributed by atoms with Crippen LogP contribution in [0, 0.1) is 5.92 Å². The fourth-order valence-electron chi connectivity index (χ4n) is 8.82. The fourth-order valence-corrected chi connectivity index (χ4v) is 8.82. The van der Waals surface area contributed by atoms with Crippen LogP contribution in [-0.4, -0.2) is 87.5 Å². The van der Waals surface area contributed by atoms with Gasteiger partial charge in [0.2, 0.25) is 0 Å². The summed E-state index contributed by atoms with van der Waals surface area (Å²) in [5.74, 6) is -0.428. The summed E-state index contributed by atoms with van der Waals surface area (Å²) in [6, 6.07) is 36.3. The lowest BCUT2D eigenvalue weighted by atomic mass is 10.1. The summed E-state index contributed by atoms with van der Waals surface area (Å²) in [6.07, 6.45) is 37.9. The molecule has 0 atom stereocenters. The average Bonchev–Trinajstić information content (AvgIpc) is 2.00. The van der Waals surface area contributed by atoms with Crippen molar-refractivity contribution in [2.24, 2.45) is 5.92 Å². The van der Waals surface area contributed by atoms with Crippen LogP contribution in [0.5, 0.6) is 0 Å². The van der Waals surface area contributed by atoms with Gasteiger partial charge < -0.3 is 33.2 Å². The van der Waals surface area contributed by atoms with E-state index in [2.05, 4.69) is 62.3 Å². The Bertz CT molecular complexity index is 2430. The van der Waals surface area contributed by atoms with Crippen molar-refractivity contribution in [2.45, 2.75) is 307 Å². The van der Waals surface area contributed by atoms with Crippen LogP contribution in [0.15, 0.2) is 121 Å². The second kappa shape index (κ2) is 75.4. The third-order valence-corrected chi connectivity index (χ3v) is 14.8. The van der Waals surface area contributed by atoms with Gasteiger partial charge in [-0.05, 0) is 127 Å². The second-order valence-electron chi connectivity index (χ2n) is 25.1. The fraction of sp³-hybridized carbons (Fsp3) is 0.635. The largest absolute Gasteiger partial charge is 0.466 e. The van der Waals surface area contributed by atoms with Crippen LogP contribution in [-0.2, 0) is 47.5 Å². The maximum Gasteiger partial charge on any atom is 0.338 e. The minimum atomic E-state index is -0.230. The highest BCUT2D eigenvalue weighted by Crippen LogP contribution is 2.13.